The van der Waals surface area contributed by atoms with Crippen LogP contribution in [0.4, 0.5) is 26.5 Å². The van der Waals surface area contributed by atoms with Crippen molar-refractivity contribution < 1.29 is 9.18 Å². The van der Waals surface area contributed by atoms with E-state index in [0.29, 0.717) is 63.0 Å². The third-order valence-corrected chi connectivity index (χ3v) is 6.10. The lowest BCUT2D eigenvalue weighted by Gasteiger charge is -2.13. The minimum Gasteiger partial charge on any atom is -0.357 e. The molecule has 39 heavy (non-hydrogen) atoms. The van der Waals surface area contributed by atoms with Gasteiger partial charge in [-0.05, 0) is 35.9 Å². The Morgan fingerprint density at radius 2 is 1.77 bits per heavy atom. The predicted molar refractivity (Wildman–Crippen MR) is 149 cm³/mol. The molecule has 0 saturated heterocycles. The quantitative estimate of drug-likeness (QED) is 0.290. The predicted octanol–water partition coefficient (Wildman–Crippen LogP) is 4.84. The molecule has 0 aliphatic heterocycles. The lowest BCUT2D eigenvalue weighted by molar-refractivity contribution is 0.262. The van der Waals surface area contributed by atoms with Crippen LogP contribution in [0.25, 0.3) is 33.4 Å². The molecule has 11 heteroatoms. The molecule has 2 aromatic carbocycles. The molecule has 10 nitrogen and oxygen atoms in total. The molecule has 0 radical (unpaired) electrons. The highest BCUT2D eigenvalue weighted by Gasteiger charge is 2.15. The highest BCUT2D eigenvalue weighted by Crippen LogP contribution is 2.27. The molecular weight excluding hydrogens is 499 g/mol. The minimum absolute atomic E-state index is 0.238. The second-order valence-corrected chi connectivity index (χ2v) is 8.72. The number of nitrogens with zero attached hydrogens (tertiary/aromatic N) is 5. The van der Waals surface area contributed by atoms with Crippen molar-refractivity contribution in [3.05, 3.63) is 89.0 Å². The van der Waals surface area contributed by atoms with Crippen molar-refractivity contribution in [2.24, 2.45) is 7.05 Å². The van der Waals surface area contributed by atoms with Crippen LogP contribution in [-0.2, 0) is 13.5 Å². The summed E-state index contributed by atoms with van der Waals surface area (Å²) in [4.78, 5) is 43.5. The fourth-order valence-corrected chi connectivity index (χ4v) is 4.16. The maximum absolute atomic E-state index is 13.9. The van der Waals surface area contributed by atoms with Gasteiger partial charge in [0.05, 0.1) is 17.6 Å². The maximum atomic E-state index is 13.9. The molecule has 0 atom stereocenters. The van der Waals surface area contributed by atoms with Crippen LogP contribution >= 0.6 is 0 Å². The molecule has 0 bridgehead atoms. The summed E-state index contributed by atoms with van der Waals surface area (Å²) in [5.74, 6) is 0.570. The van der Waals surface area contributed by atoms with E-state index in [4.69, 9.17) is 0 Å². The average Bonchev–Trinajstić information content (AvgIpc) is 2.95. The number of aromatic nitrogens is 5. The van der Waals surface area contributed by atoms with E-state index in [1.807, 2.05) is 6.92 Å². The number of fused-ring (bicyclic) bond motifs is 1. The second-order valence-electron chi connectivity index (χ2n) is 8.72. The van der Waals surface area contributed by atoms with E-state index in [-0.39, 0.29) is 5.56 Å². The zero-order valence-electron chi connectivity index (χ0n) is 21.5. The molecule has 3 N–H and O–H groups in total. The van der Waals surface area contributed by atoms with Crippen LogP contribution in [-0.4, -0.2) is 37.6 Å². The molecule has 196 valence electrons. The van der Waals surface area contributed by atoms with Crippen LogP contribution < -0.4 is 21.5 Å². The van der Waals surface area contributed by atoms with E-state index in [1.54, 1.807) is 62.8 Å². The zero-order valence-corrected chi connectivity index (χ0v) is 21.5. The van der Waals surface area contributed by atoms with E-state index >= 15 is 0 Å². The molecular formula is C28H25FN8O2. The van der Waals surface area contributed by atoms with Gasteiger partial charge in [0.25, 0.3) is 5.56 Å². The highest BCUT2D eigenvalue weighted by molar-refractivity contribution is 6.02. The Kier molecular flexibility index (Phi) is 6.96. The number of carbonyl (C=O) groups is 1. The summed E-state index contributed by atoms with van der Waals surface area (Å²) in [7, 11) is 3.36. The van der Waals surface area contributed by atoms with Crippen molar-refractivity contribution in [2.45, 2.75) is 13.3 Å². The fraction of sp³-hybridized carbons (Fsp3) is 0.143. The molecule has 0 saturated carbocycles. The number of rotatable bonds is 6. The largest absolute Gasteiger partial charge is 0.357 e. The Labute approximate surface area is 223 Å². The molecule has 0 aliphatic carbocycles. The van der Waals surface area contributed by atoms with Gasteiger partial charge in [-0.15, -0.1) is 0 Å². The Balaban J connectivity index is 1.42. The van der Waals surface area contributed by atoms with E-state index in [9.17, 15) is 14.0 Å². The number of halogens is 1. The summed E-state index contributed by atoms with van der Waals surface area (Å²) in [5.41, 5.74) is 3.04. The van der Waals surface area contributed by atoms with Crippen molar-refractivity contribution in [3.63, 3.8) is 0 Å². The van der Waals surface area contributed by atoms with Crippen molar-refractivity contribution >= 4 is 34.4 Å². The van der Waals surface area contributed by atoms with Gasteiger partial charge in [-0.1, -0.05) is 31.2 Å². The summed E-state index contributed by atoms with van der Waals surface area (Å²) >= 11 is 0. The lowest BCUT2D eigenvalue weighted by atomic mass is 10.1. The monoisotopic (exact) mass is 524 g/mol. The molecule has 3 aromatic heterocycles. The van der Waals surface area contributed by atoms with Crippen LogP contribution in [0.15, 0.2) is 71.8 Å². The number of aryl methyl sites for hydroxylation is 2. The topological polar surface area (TPSA) is 127 Å². The number of anilines is 3. The smallest absolute Gasteiger partial charge is 0.323 e. The van der Waals surface area contributed by atoms with Gasteiger partial charge >= 0.3 is 6.03 Å². The third kappa shape index (κ3) is 5.28. The first-order chi connectivity index (χ1) is 18.9. The molecule has 3 heterocycles. The van der Waals surface area contributed by atoms with Gasteiger partial charge in [-0.3, -0.25) is 9.36 Å². The normalized spacial score (nSPS) is 10.9. The molecule has 2 amide bonds. The number of hydrogen-bond acceptors (Lipinski definition) is 7. The van der Waals surface area contributed by atoms with Crippen molar-refractivity contribution in [3.8, 4) is 22.4 Å². The second kappa shape index (κ2) is 10.7. The van der Waals surface area contributed by atoms with Crippen molar-refractivity contribution in [1.29, 1.82) is 0 Å². The van der Waals surface area contributed by atoms with Gasteiger partial charge in [-0.25, -0.2) is 24.1 Å². The number of hydrogen-bond donors (Lipinski definition) is 3. The first kappa shape index (κ1) is 25.5. The summed E-state index contributed by atoms with van der Waals surface area (Å²) in [6.45, 7) is 1.91. The van der Waals surface area contributed by atoms with Crippen molar-refractivity contribution in [2.75, 3.05) is 23.0 Å². The summed E-state index contributed by atoms with van der Waals surface area (Å²) in [6, 6.07) is 14.1. The number of carbonyl (C=O) groups excluding carboxylic acids is 1. The third-order valence-electron chi connectivity index (χ3n) is 6.10. The molecule has 5 aromatic rings. The SMILES string of the molecule is CCc1ncc(NC(=O)Nc2cccc(-c3cc4cnc(NC)nc4n(C)c3=O)c2)c(-c2cccc(F)c2)n1. The van der Waals surface area contributed by atoms with Gasteiger partial charge in [0.2, 0.25) is 5.95 Å². The van der Waals surface area contributed by atoms with Gasteiger partial charge < -0.3 is 16.0 Å². The first-order valence-corrected chi connectivity index (χ1v) is 12.2. The summed E-state index contributed by atoms with van der Waals surface area (Å²) in [6.07, 6.45) is 3.73. The molecule has 0 aliphatic rings. The Morgan fingerprint density at radius 3 is 2.54 bits per heavy atom. The lowest BCUT2D eigenvalue weighted by Crippen LogP contribution is -2.21. The van der Waals surface area contributed by atoms with E-state index < -0.39 is 11.8 Å². The molecule has 5 rings (SSSR count). The molecule has 0 unspecified atom stereocenters. The fourth-order valence-electron chi connectivity index (χ4n) is 4.16. The van der Waals surface area contributed by atoms with Crippen LogP contribution in [0.3, 0.4) is 0 Å². The van der Waals surface area contributed by atoms with Gasteiger partial charge in [0, 0.05) is 48.9 Å². The molecule has 0 fully saturated rings. The average molecular weight is 525 g/mol. The van der Waals surface area contributed by atoms with E-state index in [0.717, 1.165) is 0 Å². The summed E-state index contributed by atoms with van der Waals surface area (Å²) in [5, 5.41) is 9.11. The van der Waals surface area contributed by atoms with Crippen LogP contribution in [0.1, 0.15) is 12.7 Å². The van der Waals surface area contributed by atoms with Crippen LogP contribution in [0.5, 0.6) is 0 Å². The minimum atomic E-state index is -0.544. The number of pyridine rings is 1. The Morgan fingerprint density at radius 1 is 0.974 bits per heavy atom. The van der Waals surface area contributed by atoms with E-state index in [2.05, 4.69) is 35.9 Å². The molecule has 0 spiro atoms. The number of nitrogens with one attached hydrogen (secondary N) is 3. The van der Waals surface area contributed by atoms with Crippen LogP contribution in [0, 0.1) is 5.82 Å². The zero-order chi connectivity index (χ0) is 27.5. The highest BCUT2D eigenvalue weighted by atomic mass is 19.1. The summed E-state index contributed by atoms with van der Waals surface area (Å²) < 4.78 is 15.4. The van der Waals surface area contributed by atoms with Gasteiger partial charge in [0.1, 0.15) is 17.3 Å². The van der Waals surface area contributed by atoms with Gasteiger partial charge in [-0.2, -0.15) is 4.98 Å². The maximum Gasteiger partial charge on any atom is 0.323 e. The Bertz CT molecular complexity index is 1770. The standard InChI is InChI=1S/C28H25FN8O2/c1-4-23-31-15-22(24(35-23)17-8-5-9-19(29)11-17)34-28(39)33-20-10-6-7-16(12-20)21-13-18-14-32-27(30-2)36-25(18)37(3)26(21)38/h5-15H,4H2,1-3H3,(H,30,32,36)(H2,33,34,39). The van der Waals surface area contributed by atoms with Gasteiger partial charge in [0.15, 0.2) is 0 Å². The van der Waals surface area contributed by atoms with Crippen LogP contribution in [0.2, 0.25) is 0 Å². The van der Waals surface area contributed by atoms with E-state index in [1.165, 1.54) is 22.9 Å². The van der Waals surface area contributed by atoms with Crippen molar-refractivity contribution in [1.82, 2.24) is 24.5 Å². The number of urea groups is 1. The number of benzene rings is 2. The number of amides is 2. The first-order valence-electron chi connectivity index (χ1n) is 12.2. The Hall–Kier alpha value is -5.19.